The summed E-state index contributed by atoms with van der Waals surface area (Å²) in [4.78, 5) is 13.7. The topological polar surface area (TPSA) is 74.7 Å². The first-order chi connectivity index (χ1) is 8.72. The van der Waals surface area contributed by atoms with Crippen LogP contribution in [0.25, 0.3) is 11.2 Å². The summed E-state index contributed by atoms with van der Waals surface area (Å²) < 4.78 is 2.07. The molecule has 0 bridgehead atoms. The van der Waals surface area contributed by atoms with Crippen LogP contribution in [0.3, 0.4) is 0 Å². The number of fused-ring (bicyclic) bond motifs is 1. The number of hydrogen-bond donors (Lipinski definition) is 2. The first-order valence-corrected chi connectivity index (χ1v) is 7.26. The number of nitrogens with one attached hydrogen (secondary N) is 1. The molecule has 2 heterocycles. The van der Waals surface area contributed by atoms with Crippen molar-refractivity contribution >= 4 is 28.7 Å². The lowest BCUT2D eigenvalue weighted by molar-refractivity contribution is -0.672. The predicted octanol–water partition coefficient (Wildman–Crippen LogP) is 0.122. The molecule has 0 unspecified atom stereocenters. The lowest BCUT2D eigenvalue weighted by Crippen LogP contribution is -2.39. The molecule has 0 aliphatic heterocycles. The number of thioether (sulfide) groups is 1. The fourth-order valence-corrected chi connectivity index (χ4v) is 2.25. The van der Waals surface area contributed by atoms with Crippen LogP contribution in [-0.4, -0.2) is 52.0 Å². The van der Waals surface area contributed by atoms with E-state index in [4.69, 9.17) is 5.73 Å². The molecule has 2 aromatic rings. The smallest absolute Gasteiger partial charge is 0.307 e. The Morgan fingerprint density at radius 3 is 3.06 bits per heavy atom. The van der Waals surface area contributed by atoms with Crippen LogP contribution in [0, 0.1) is 0 Å². The molecule has 7 heteroatoms. The number of aromatic amines is 1. The van der Waals surface area contributed by atoms with Crippen molar-refractivity contribution in [3.8, 4) is 0 Å². The minimum atomic E-state index is 0.495. The number of H-pyrrole nitrogens is 1. The molecule has 2 rings (SSSR count). The van der Waals surface area contributed by atoms with E-state index < -0.39 is 0 Å². The van der Waals surface area contributed by atoms with Crippen molar-refractivity contribution < 1.29 is 4.57 Å². The Hall–Kier alpha value is -1.34. The standard InChI is InChI=1S/C11H18N6S/c1-16(5-6-18-2)3-4-17-8-15-9-10(12)13-7-14-11(9)17/h7-8H,3-6H2,1-2H3,(H2,12,13,14)/p+1. The average Bonchev–Trinajstić information content (AvgIpc) is 2.78. The molecular weight excluding hydrogens is 248 g/mol. The van der Waals surface area contributed by atoms with E-state index in [1.54, 1.807) is 0 Å². The first kappa shape index (κ1) is 13.1. The molecule has 6 nitrogen and oxygen atoms in total. The highest BCUT2D eigenvalue weighted by Crippen LogP contribution is 2.08. The van der Waals surface area contributed by atoms with Crippen LogP contribution in [0.5, 0.6) is 0 Å². The van der Waals surface area contributed by atoms with Gasteiger partial charge in [-0.2, -0.15) is 16.7 Å². The van der Waals surface area contributed by atoms with Gasteiger partial charge < -0.3 is 10.6 Å². The maximum Gasteiger partial charge on any atom is 0.307 e. The van der Waals surface area contributed by atoms with Crippen molar-refractivity contribution in [2.75, 3.05) is 37.9 Å². The number of nitrogens with two attached hydrogens (primary N) is 1. The van der Waals surface area contributed by atoms with E-state index >= 15 is 0 Å². The van der Waals surface area contributed by atoms with E-state index in [1.807, 2.05) is 18.1 Å². The van der Waals surface area contributed by atoms with Crippen LogP contribution in [0.2, 0.25) is 0 Å². The third kappa shape index (κ3) is 2.91. The van der Waals surface area contributed by atoms with Gasteiger partial charge >= 0.3 is 5.65 Å². The number of hydrogen-bond acceptors (Lipinski definition) is 5. The number of anilines is 1. The molecule has 0 saturated heterocycles. The third-order valence-corrected chi connectivity index (χ3v) is 3.48. The van der Waals surface area contributed by atoms with Gasteiger partial charge in [-0.1, -0.05) is 4.98 Å². The molecular formula is C11H19N6S+. The van der Waals surface area contributed by atoms with Crippen LogP contribution in [0.15, 0.2) is 12.7 Å². The van der Waals surface area contributed by atoms with Crippen molar-refractivity contribution in [3.05, 3.63) is 12.7 Å². The lowest BCUT2D eigenvalue weighted by Gasteiger charge is -2.14. The van der Waals surface area contributed by atoms with E-state index in [2.05, 4.69) is 37.7 Å². The van der Waals surface area contributed by atoms with Gasteiger partial charge in [-0.05, 0) is 13.3 Å². The molecule has 0 aromatic carbocycles. The maximum atomic E-state index is 5.78. The minimum Gasteiger partial charge on any atom is -0.380 e. The van der Waals surface area contributed by atoms with Gasteiger partial charge in [0.1, 0.15) is 0 Å². The van der Waals surface area contributed by atoms with Gasteiger partial charge in [0.25, 0.3) is 0 Å². The second kappa shape index (κ2) is 6.01. The summed E-state index contributed by atoms with van der Waals surface area (Å²) in [7, 11) is 2.13. The molecule has 0 atom stereocenters. The molecule has 0 amide bonds. The molecule has 3 N–H and O–H groups in total. The van der Waals surface area contributed by atoms with Gasteiger partial charge in [-0.3, -0.25) is 4.98 Å². The molecule has 0 fully saturated rings. The van der Waals surface area contributed by atoms with Gasteiger partial charge in [0, 0.05) is 18.8 Å². The number of nitrogen functional groups attached to an aromatic ring is 1. The summed E-state index contributed by atoms with van der Waals surface area (Å²) in [5, 5.41) is 0. The Morgan fingerprint density at radius 1 is 1.44 bits per heavy atom. The first-order valence-electron chi connectivity index (χ1n) is 5.87. The Bertz CT molecular complexity index is 511. The van der Waals surface area contributed by atoms with E-state index in [9.17, 15) is 0 Å². The van der Waals surface area contributed by atoms with Gasteiger partial charge in [0.2, 0.25) is 5.52 Å². The average molecular weight is 267 g/mol. The van der Waals surface area contributed by atoms with Crippen LogP contribution < -0.4 is 10.3 Å². The largest absolute Gasteiger partial charge is 0.380 e. The SMILES string of the molecule is CSCCN(C)CC[n+]1c[nH]c2c(N)ncnc21. The zero-order valence-corrected chi connectivity index (χ0v) is 11.6. The molecule has 98 valence electrons. The fraction of sp³-hybridized carbons (Fsp3) is 0.545. The highest BCUT2D eigenvalue weighted by molar-refractivity contribution is 7.98. The minimum absolute atomic E-state index is 0.495. The molecule has 0 aliphatic carbocycles. The Kier molecular flexibility index (Phi) is 4.38. The van der Waals surface area contributed by atoms with Crippen molar-refractivity contribution in [1.82, 2.24) is 19.9 Å². The zero-order chi connectivity index (χ0) is 13.0. The monoisotopic (exact) mass is 267 g/mol. The third-order valence-electron chi connectivity index (χ3n) is 2.89. The highest BCUT2D eigenvalue weighted by Gasteiger charge is 2.14. The summed E-state index contributed by atoms with van der Waals surface area (Å²) >= 11 is 1.87. The molecule has 0 aliphatic rings. The van der Waals surface area contributed by atoms with Crippen molar-refractivity contribution in [3.63, 3.8) is 0 Å². The van der Waals surface area contributed by atoms with Gasteiger partial charge in [0.05, 0.1) is 6.54 Å². The second-order valence-electron chi connectivity index (χ2n) is 4.22. The van der Waals surface area contributed by atoms with E-state index in [-0.39, 0.29) is 0 Å². The molecule has 2 aromatic heterocycles. The second-order valence-corrected chi connectivity index (χ2v) is 5.21. The van der Waals surface area contributed by atoms with Crippen LogP contribution in [0.1, 0.15) is 0 Å². The highest BCUT2D eigenvalue weighted by atomic mass is 32.2. The van der Waals surface area contributed by atoms with Crippen molar-refractivity contribution in [1.29, 1.82) is 0 Å². The molecule has 0 saturated carbocycles. The zero-order valence-electron chi connectivity index (χ0n) is 10.8. The molecule has 0 radical (unpaired) electrons. The molecule has 0 spiro atoms. The number of nitrogens with zero attached hydrogens (tertiary/aromatic N) is 4. The predicted molar refractivity (Wildman–Crippen MR) is 74.4 cm³/mol. The van der Waals surface area contributed by atoms with E-state index in [0.717, 1.165) is 36.6 Å². The van der Waals surface area contributed by atoms with Crippen molar-refractivity contribution in [2.24, 2.45) is 0 Å². The normalized spacial score (nSPS) is 11.5. The number of likely N-dealkylation sites (N-methyl/N-ethyl adjacent to an activating group) is 1. The quantitative estimate of drug-likeness (QED) is 0.727. The summed E-state index contributed by atoms with van der Waals surface area (Å²) in [5.41, 5.74) is 7.45. The van der Waals surface area contributed by atoms with Gasteiger partial charge in [-0.25, -0.2) is 4.57 Å². The summed E-state index contributed by atoms with van der Waals surface area (Å²) in [6, 6.07) is 0. The summed E-state index contributed by atoms with van der Waals surface area (Å²) in [6.45, 7) is 2.98. The van der Waals surface area contributed by atoms with Gasteiger partial charge in [-0.15, -0.1) is 0 Å². The van der Waals surface area contributed by atoms with Crippen molar-refractivity contribution in [2.45, 2.75) is 6.54 Å². The Balaban J connectivity index is 2.02. The summed E-state index contributed by atoms with van der Waals surface area (Å²) in [5.74, 6) is 1.65. The van der Waals surface area contributed by atoms with Crippen LogP contribution in [-0.2, 0) is 6.54 Å². The Morgan fingerprint density at radius 2 is 2.28 bits per heavy atom. The number of aromatic nitrogens is 4. The number of rotatable bonds is 6. The maximum absolute atomic E-state index is 5.78. The fourth-order valence-electron chi connectivity index (χ4n) is 1.76. The molecule has 18 heavy (non-hydrogen) atoms. The van der Waals surface area contributed by atoms with E-state index in [1.165, 1.54) is 6.33 Å². The Labute approximate surface area is 111 Å². The van der Waals surface area contributed by atoms with Crippen LogP contribution >= 0.6 is 11.8 Å². The van der Waals surface area contributed by atoms with Gasteiger partial charge in [0.15, 0.2) is 18.5 Å². The lowest BCUT2D eigenvalue weighted by atomic mass is 10.5. The van der Waals surface area contributed by atoms with E-state index in [0.29, 0.717) is 5.82 Å². The van der Waals surface area contributed by atoms with Crippen LogP contribution in [0.4, 0.5) is 5.82 Å². The number of imidazole rings is 1. The summed E-state index contributed by atoms with van der Waals surface area (Å²) in [6.07, 6.45) is 5.53.